The van der Waals surface area contributed by atoms with Gasteiger partial charge in [0.25, 0.3) is 5.91 Å². The molecule has 1 aliphatic rings. The minimum absolute atomic E-state index is 0.00360. The summed E-state index contributed by atoms with van der Waals surface area (Å²) in [6.07, 6.45) is 9.49. The van der Waals surface area contributed by atoms with Crippen LogP contribution in [0.15, 0.2) is 48.5 Å². The summed E-state index contributed by atoms with van der Waals surface area (Å²) in [6, 6.07) is 16.9. The maximum Gasteiger partial charge on any atom is 0.251 e. The Morgan fingerprint density at radius 1 is 1.06 bits per heavy atom. The van der Waals surface area contributed by atoms with Gasteiger partial charge in [0.1, 0.15) is 0 Å². The molecule has 1 unspecified atom stereocenters. The number of hydrogen-bond donors (Lipinski definition) is 2. The molecule has 3 aromatic rings. The van der Waals surface area contributed by atoms with E-state index >= 15 is 0 Å². The van der Waals surface area contributed by atoms with Crippen molar-refractivity contribution < 1.29 is 4.79 Å². The molecular weight excluding hydrogens is 430 g/mol. The first-order chi connectivity index (χ1) is 16.6. The molecule has 1 heterocycles. The summed E-state index contributed by atoms with van der Waals surface area (Å²) in [7, 11) is 0. The molecule has 2 N–H and O–H groups in total. The Balaban J connectivity index is 1.42. The topological polar surface area (TPSA) is 54.0 Å². The third kappa shape index (κ3) is 5.85. The Morgan fingerprint density at radius 3 is 2.46 bits per heavy atom. The van der Waals surface area contributed by atoms with Crippen LogP contribution in [0.2, 0.25) is 0 Å². The monoisotopic (exact) mass is 467 g/mol. The van der Waals surface area contributed by atoms with E-state index in [-0.39, 0.29) is 23.3 Å². The Morgan fingerprint density at radius 2 is 1.77 bits per heavy atom. The summed E-state index contributed by atoms with van der Waals surface area (Å²) in [5.74, 6) is 2.72. The Bertz CT molecular complexity index is 1260. The normalized spacial score (nSPS) is 19.1. The molecule has 4 rings (SSSR count). The Kier molecular flexibility index (Phi) is 7.17. The van der Waals surface area contributed by atoms with Gasteiger partial charge >= 0.3 is 0 Å². The highest BCUT2D eigenvalue weighted by molar-refractivity contribution is 5.94. The van der Waals surface area contributed by atoms with E-state index in [4.69, 9.17) is 11.4 Å². The number of anilines is 1. The van der Waals surface area contributed by atoms with Gasteiger partial charge in [-0.1, -0.05) is 50.5 Å². The Hall–Kier alpha value is -3.32. The second-order valence-electron chi connectivity index (χ2n) is 11.0. The minimum Gasteiger partial charge on any atom is -0.382 e. The molecule has 0 aliphatic heterocycles. The lowest BCUT2D eigenvalue weighted by atomic mass is 9.89. The summed E-state index contributed by atoms with van der Waals surface area (Å²) in [5.41, 5.74) is 6.19. The zero-order chi connectivity index (χ0) is 25.2. The maximum absolute atomic E-state index is 12.9. The van der Waals surface area contributed by atoms with E-state index in [0.717, 1.165) is 48.1 Å². The fraction of sp³-hybridized carbons (Fsp3) is 0.419. The van der Waals surface area contributed by atoms with E-state index < -0.39 is 0 Å². The lowest BCUT2D eigenvalue weighted by Gasteiger charge is -2.31. The molecule has 0 spiro atoms. The van der Waals surface area contributed by atoms with Crippen molar-refractivity contribution in [1.82, 2.24) is 10.3 Å². The van der Waals surface area contributed by atoms with E-state index in [2.05, 4.69) is 68.5 Å². The molecule has 1 amide bonds. The van der Waals surface area contributed by atoms with E-state index in [9.17, 15) is 4.79 Å². The fourth-order valence-electron chi connectivity index (χ4n) is 4.76. The van der Waals surface area contributed by atoms with Gasteiger partial charge in [-0.3, -0.25) is 9.78 Å². The van der Waals surface area contributed by atoms with E-state index in [1.54, 1.807) is 0 Å². The number of nitrogens with one attached hydrogen (secondary N) is 2. The molecule has 0 saturated heterocycles. The number of rotatable bonds is 5. The molecule has 1 aliphatic carbocycles. The van der Waals surface area contributed by atoms with Crippen LogP contribution < -0.4 is 10.6 Å². The molecule has 0 bridgehead atoms. The molecule has 182 valence electrons. The highest BCUT2D eigenvalue weighted by Crippen LogP contribution is 2.32. The molecule has 0 radical (unpaired) electrons. The molecule has 1 atom stereocenters. The van der Waals surface area contributed by atoms with Crippen LogP contribution in [0, 0.1) is 19.3 Å². The van der Waals surface area contributed by atoms with Crippen molar-refractivity contribution in [3.05, 3.63) is 70.9 Å². The van der Waals surface area contributed by atoms with Gasteiger partial charge in [-0.25, -0.2) is 0 Å². The number of aromatic nitrogens is 1. The van der Waals surface area contributed by atoms with Crippen LogP contribution in [0.25, 0.3) is 10.9 Å². The maximum atomic E-state index is 12.9. The second-order valence-corrected chi connectivity index (χ2v) is 11.0. The Labute approximate surface area is 209 Å². The number of carbonyl (C=O) groups is 1. The van der Waals surface area contributed by atoms with Crippen molar-refractivity contribution in [2.75, 3.05) is 5.32 Å². The summed E-state index contributed by atoms with van der Waals surface area (Å²) < 4.78 is 0. The average Bonchev–Trinajstić information content (AvgIpc) is 2.84. The first-order valence-electron chi connectivity index (χ1n) is 12.7. The van der Waals surface area contributed by atoms with Crippen LogP contribution in [-0.2, 0) is 5.41 Å². The van der Waals surface area contributed by atoms with Crippen LogP contribution in [0.5, 0.6) is 0 Å². The van der Waals surface area contributed by atoms with Crippen LogP contribution in [0.1, 0.15) is 86.5 Å². The highest BCUT2D eigenvalue weighted by Gasteiger charge is 2.25. The largest absolute Gasteiger partial charge is 0.382 e. The summed E-state index contributed by atoms with van der Waals surface area (Å²) in [5, 5.41) is 8.24. The molecule has 2 aromatic carbocycles. The van der Waals surface area contributed by atoms with Crippen LogP contribution in [0.4, 0.5) is 5.69 Å². The number of terminal acetylenes is 1. The first kappa shape index (κ1) is 24.8. The quantitative estimate of drug-likeness (QED) is 0.409. The van der Waals surface area contributed by atoms with Crippen LogP contribution in [-0.4, -0.2) is 23.0 Å². The predicted molar refractivity (Wildman–Crippen MR) is 146 cm³/mol. The number of carbonyl (C=O) groups excluding carboxylic acids is 1. The van der Waals surface area contributed by atoms with Gasteiger partial charge in [0, 0.05) is 45.7 Å². The standard InChI is InChI=1S/C31H37N3O/c1-7-21(3)22-9-8-10-23(18-22)30(35)33-25-14-12-24(13-15-25)32-28-19-29(31(4,5)6)34-27-16-11-20(2)17-26(27)28/h1,8-11,16-19,21,24-25H,12-15H2,2-6H3,(H,32,34)(H,33,35). The number of amides is 1. The number of pyridine rings is 1. The van der Waals surface area contributed by atoms with Gasteiger partial charge < -0.3 is 10.6 Å². The molecule has 35 heavy (non-hydrogen) atoms. The van der Waals surface area contributed by atoms with Crippen LogP contribution >= 0.6 is 0 Å². The molecule has 1 saturated carbocycles. The number of fused-ring (bicyclic) bond motifs is 1. The zero-order valence-electron chi connectivity index (χ0n) is 21.6. The lowest BCUT2D eigenvalue weighted by molar-refractivity contribution is 0.0926. The van der Waals surface area contributed by atoms with Gasteiger partial charge in [0.2, 0.25) is 0 Å². The van der Waals surface area contributed by atoms with Crippen molar-refractivity contribution in [3.8, 4) is 12.3 Å². The number of nitrogens with zero attached hydrogens (tertiary/aromatic N) is 1. The summed E-state index contributed by atoms with van der Waals surface area (Å²) in [4.78, 5) is 17.8. The van der Waals surface area contributed by atoms with E-state index in [0.29, 0.717) is 11.6 Å². The van der Waals surface area contributed by atoms with Crippen molar-refractivity contribution in [2.45, 2.75) is 83.7 Å². The SMILES string of the molecule is C#CC(C)c1cccc(C(=O)NC2CCC(Nc3cc(C(C)(C)C)nc4ccc(C)cc34)CC2)c1. The van der Waals surface area contributed by atoms with Gasteiger partial charge in [-0.2, -0.15) is 0 Å². The predicted octanol–water partition coefficient (Wildman–Crippen LogP) is 6.73. The van der Waals surface area contributed by atoms with Crippen molar-refractivity contribution in [1.29, 1.82) is 0 Å². The molecule has 4 nitrogen and oxygen atoms in total. The van der Waals surface area contributed by atoms with Gasteiger partial charge in [-0.05, 0) is 75.4 Å². The third-order valence-corrected chi connectivity index (χ3v) is 7.05. The van der Waals surface area contributed by atoms with Gasteiger partial charge in [0.05, 0.1) is 5.52 Å². The zero-order valence-corrected chi connectivity index (χ0v) is 21.6. The number of aryl methyl sites for hydroxylation is 1. The minimum atomic E-state index is -0.0211. The second kappa shape index (κ2) is 10.1. The molecule has 4 heteroatoms. The summed E-state index contributed by atoms with van der Waals surface area (Å²) >= 11 is 0. The van der Waals surface area contributed by atoms with Crippen molar-refractivity contribution in [3.63, 3.8) is 0 Å². The molecule has 1 fully saturated rings. The fourth-order valence-corrected chi connectivity index (χ4v) is 4.76. The van der Waals surface area contributed by atoms with E-state index in [1.807, 2.05) is 31.2 Å². The first-order valence-corrected chi connectivity index (χ1v) is 12.7. The average molecular weight is 468 g/mol. The van der Waals surface area contributed by atoms with E-state index in [1.165, 1.54) is 10.9 Å². The lowest BCUT2D eigenvalue weighted by Crippen LogP contribution is -2.40. The number of hydrogen-bond acceptors (Lipinski definition) is 3. The number of benzene rings is 2. The van der Waals surface area contributed by atoms with Crippen molar-refractivity contribution >= 4 is 22.5 Å². The third-order valence-electron chi connectivity index (χ3n) is 7.05. The highest BCUT2D eigenvalue weighted by atomic mass is 16.1. The van der Waals surface area contributed by atoms with Crippen LogP contribution in [0.3, 0.4) is 0 Å². The van der Waals surface area contributed by atoms with Gasteiger partial charge in [0.15, 0.2) is 0 Å². The molecule has 1 aromatic heterocycles. The van der Waals surface area contributed by atoms with Gasteiger partial charge in [-0.15, -0.1) is 6.42 Å². The summed E-state index contributed by atoms with van der Waals surface area (Å²) in [6.45, 7) is 10.7. The molecular formula is C31H37N3O. The van der Waals surface area contributed by atoms with Crippen molar-refractivity contribution in [2.24, 2.45) is 0 Å². The smallest absolute Gasteiger partial charge is 0.251 e.